The summed E-state index contributed by atoms with van der Waals surface area (Å²) in [5, 5.41) is 8.93. The highest BCUT2D eigenvalue weighted by Crippen LogP contribution is 2.33. The first-order valence-electron chi connectivity index (χ1n) is 6.08. The van der Waals surface area contributed by atoms with E-state index in [-0.39, 0.29) is 17.6 Å². The fourth-order valence-corrected chi connectivity index (χ4v) is 2.86. The lowest BCUT2D eigenvalue weighted by Gasteiger charge is -2.08. The van der Waals surface area contributed by atoms with Crippen LogP contribution in [0.3, 0.4) is 0 Å². The molecule has 4 heteroatoms. The Labute approximate surface area is 120 Å². The number of hydrogen-bond donors (Lipinski definition) is 1. The molecule has 1 aliphatic carbocycles. The minimum atomic E-state index is -0.723. The zero-order chi connectivity index (χ0) is 13.1. The number of rotatable bonds is 4. The molecule has 96 valence electrons. The normalized spacial score (nSPS) is 22.9. The molecule has 0 spiro atoms. The first-order valence-corrected chi connectivity index (χ1v) is 7.15. The van der Waals surface area contributed by atoms with E-state index < -0.39 is 5.97 Å². The van der Waals surface area contributed by atoms with E-state index in [1.807, 2.05) is 24.3 Å². The zero-order valence-electron chi connectivity index (χ0n) is 9.93. The number of carboxylic acids is 1. The summed E-state index contributed by atoms with van der Waals surface area (Å²) in [7, 11) is 0. The summed E-state index contributed by atoms with van der Waals surface area (Å²) in [5.41, 5.74) is 0.731. The second-order valence-corrected chi connectivity index (χ2v) is 6.09. The van der Waals surface area contributed by atoms with Gasteiger partial charge in [0.05, 0.1) is 5.92 Å². The molecule has 1 aromatic carbocycles. The molecule has 1 N–H and O–H groups in total. The van der Waals surface area contributed by atoms with Crippen molar-refractivity contribution >= 4 is 34.3 Å². The van der Waals surface area contributed by atoms with Gasteiger partial charge in [-0.1, -0.05) is 12.1 Å². The van der Waals surface area contributed by atoms with Crippen molar-refractivity contribution in [1.29, 1.82) is 0 Å². The van der Waals surface area contributed by atoms with E-state index in [0.717, 1.165) is 15.6 Å². The van der Waals surface area contributed by atoms with Crippen LogP contribution in [0.15, 0.2) is 24.3 Å². The summed E-state index contributed by atoms with van der Waals surface area (Å²) < 4.78 is 1.11. The van der Waals surface area contributed by atoms with Crippen molar-refractivity contribution < 1.29 is 14.7 Å². The molecule has 0 aliphatic heterocycles. The number of carbonyl (C=O) groups is 2. The molecule has 2 atom stereocenters. The SMILES string of the molecule is O=C(C[C@@H]1CC[C@H](C(=O)O)C1)c1ccc(I)cc1. The molecule has 1 saturated carbocycles. The standard InChI is InChI=1S/C14H15IO3/c15-12-5-3-10(4-6-12)13(16)8-9-1-2-11(7-9)14(17)18/h3-6,9,11H,1-2,7-8H2,(H,17,18)/t9-,11+/m1/s1. The van der Waals surface area contributed by atoms with Gasteiger partial charge in [-0.05, 0) is 59.9 Å². The lowest BCUT2D eigenvalue weighted by atomic mass is 9.96. The van der Waals surface area contributed by atoms with Crippen LogP contribution in [0.1, 0.15) is 36.0 Å². The molecule has 0 amide bonds. The van der Waals surface area contributed by atoms with E-state index in [0.29, 0.717) is 19.3 Å². The number of halogens is 1. The summed E-state index contributed by atoms with van der Waals surface area (Å²) in [6, 6.07) is 7.52. The van der Waals surface area contributed by atoms with Crippen LogP contribution >= 0.6 is 22.6 Å². The monoisotopic (exact) mass is 358 g/mol. The third-order valence-electron chi connectivity index (χ3n) is 3.53. The predicted molar refractivity (Wildman–Crippen MR) is 76.6 cm³/mol. The van der Waals surface area contributed by atoms with Gasteiger partial charge in [0.2, 0.25) is 0 Å². The summed E-state index contributed by atoms with van der Waals surface area (Å²) in [5.74, 6) is -0.612. The van der Waals surface area contributed by atoms with E-state index in [2.05, 4.69) is 22.6 Å². The Kier molecular flexibility index (Phi) is 4.37. The Balaban J connectivity index is 1.92. The van der Waals surface area contributed by atoms with Gasteiger partial charge in [-0.15, -0.1) is 0 Å². The van der Waals surface area contributed by atoms with Gasteiger partial charge in [-0.2, -0.15) is 0 Å². The number of ketones is 1. The Hall–Kier alpha value is -0.910. The molecule has 0 bridgehead atoms. The van der Waals surface area contributed by atoms with Gasteiger partial charge >= 0.3 is 5.97 Å². The third kappa shape index (κ3) is 3.31. The third-order valence-corrected chi connectivity index (χ3v) is 4.25. The van der Waals surface area contributed by atoms with Crippen LogP contribution in [0.5, 0.6) is 0 Å². The molecule has 0 unspecified atom stereocenters. The van der Waals surface area contributed by atoms with Crippen molar-refractivity contribution in [3.63, 3.8) is 0 Å². The molecule has 1 fully saturated rings. The predicted octanol–water partition coefficient (Wildman–Crippen LogP) is 3.36. The average molecular weight is 358 g/mol. The topological polar surface area (TPSA) is 54.4 Å². The second-order valence-electron chi connectivity index (χ2n) is 4.85. The van der Waals surface area contributed by atoms with E-state index in [1.165, 1.54) is 0 Å². The molecule has 0 heterocycles. The van der Waals surface area contributed by atoms with Crippen LogP contribution in [0.4, 0.5) is 0 Å². The Morgan fingerprint density at radius 2 is 1.89 bits per heavy atom. The Morgan fingerprint density at radius 3 is 2.44 bits per heavy atom. The molecule has 1 aromatic rings. The summed E-state index contributed by atoms with van der Waals surface area (Å²) in [6.07, 6.45) is 2.68. The average Bonchev–Trinajstić information content (AvgIpc) is 2.78. The van der Waals surface area contributed by atoms with Gasteiger partial charge in [-0.3, -0.25) is 9.59 Å². The first kappa shape index (κ1) is 13.5. The number of hydrogen-bond acceptors (Lipinski definition) is 2. The highest BCUT2D eigenvalue weighted by atomic mass is 127. The molecule has 2 rings (SSSR count). The quantitative estimate of drug-likeness (QED) is 0.663. The van der Waals surface area contributed by atoms with Crippen LogP contribution in [-0.4, -0.2) is 16.9 Å². The number of benzene rings is 1. The van der Waals surface area contributed by atoms with Crippen molar-refractivity contribution in [2.75, 3.05) is 0 Å². The summed E-state index contributed by atoms with van der Waals surface area (Å²) >= 11 is 2.20. The van der Waals surface area contributed by atoms with Crippen molar-refractivity contribution in [2.45, 2.75) is 25.7 Å². The first-order chi connectivity index (χ1) is 8.56. The highest BCUT2D eigenvalue weighted by molar-refractivity contribution is 14.1. The number of aliphatic carboxylic acids is 1. The van der Waals surface area contributed by atoms with Crippen LogP contribution in [0.25, 0.3) is 0 Å². The van der Waals surface area contributed by atoms with Crippen molar-refractivity contribution in [3.8, 4) is 0 Å². The van der Waals surface area contributed by atoms with Gasteiger partial charge in [0, 0.05) is 15.6 Å². The molecule has 3 nitrogen and oxygen atoms in total. The van der Waals surface area contributed by atoms with Crippen molar-refractivity contribution in [3.05, 3.63) is 33.4 Å². The fraction of sp³-hybridized carbons (Fsp3) is 0.429. The summed E-state index contributed by atoms with van der Waals surface area (Å²) in [4.78, 5) is 22.9. The smallest absolute Gasteiger partial charge is 0.306 e. The van der Waals surface area contributed by atoms with Crippen molar-refractivity contribution in [1.82, 2.24) is 0 Å². The fourth-order valence-electron chi connectivity index (χ4n) is 2.50. The zero-order valence-corrected chi connectivity index (χ0v) is 12.1. The molecule has 18 heavy (non-hydrogen) atoms. The molecular formula is C14H15IO3. The number of Topliss-reactive ketones (excluding diaryl/α,β-unsaturated/α-hetero) is 1. The van der Waals surface area contributed by atoms with Crippen LogP contribution in [0.2, 0.25) is 0 Å². The van der Waals surface area contributed by atoms with Crippen LogP contribution < -0.4 is 0 Å². The lowest BCUT2D eigenvalue weighted by molar-refractivity contribution is -0.141. The van der Waals surface area contributed by atoms with E-state index >= 15 is 0 Å². The number of carboxylic acid groups (broad SMARTS) is 1. The van der Waals surface area contributed by atoms with Gasteiger partial charge in [-0.25, -0.2) is 0 Å². The minimum absolute atomic E-state index is 0.127. The van der Waals surface area contributed by atoms with E-state index in [9.17, 15) is 9.59 Å². The van der Waals surface area contributed by atoms with E-state index in [1.54, 1.807) is 0 Å². The Bertz CT molecular complexity index is 453. The van der Waals surface area contributed by atoms with E-state index in [4.69, 9.17) is 5.11 Å². The lowest BCUT2D eigenvalue weighted by Crippen LogP contribution is -2.11. The van der Waals surface area contributed by atoms with Crippen LogP contribution in [-0.2, 0) is 4.79 Å². The molecule has 0 radical (unpaired) electrons. The molecule has 1 aliphatic rings. The van der Waals surface area contributed by atoms with Gasteiger partial charge in [0.15, 0.2) is 5.78 Å². The maximum atomic E-state index is 12.0. The second kappa shape index (κ2) is 5.82. The maximum Gasteiger partial charge on any atom is 0.306 e. The Morgan fingerprint density at radius 1 is 1.22 bits per heavy atom. The van der Waals surface area contributed by atoms with Gasteiger partial charge in [0.1, 0.15) is 0 Å². The molecule has 0 saturated heterocycles. The minimum Gasteiger partial charge on any atom is -0.481 e. The van der Waals surface area contributed by atoms with Gasteiger partial charge in [0.25, 0.3) is 0 Å². The summed E-state index contributed by atoms with van der Waals surface area (Å²) in [6.45, 7) is 0. The number of carbonyl (C=O) groups excluding carboxylic acids is 1. The van der Waals surface area contributed by atoms with Gasteiger partial charge < -0.3 is 5.11 Å². The largest absolute Gasteiger partial charge is 0.481 e. The van der Waals surface area contributed by atoms with Crippen molar-refractivity contribution in [2.24, 2.45) is 11.8 Å². The maximum absolute atomic E-state index is 12.0. The van der Waals surface area contributed by atoms with Crippen LogP contribution in [0, 0.1) is 15.4 Å². The molecule has 0 aromatic heterocycles. The molecular weight excluding hydrogens is 343 g/mol. The highest BCUT2D eigenvalue weighted by Gasteiger charge is 2.30.